The first kappa shape index (κ1) is 25.5. The molecule has 0 unspecified atom stereocenters. The first-order valence-electron chi connectivity index (χ1n) is 13.8. The van der Waals surface area contributed by atoms with Crippen molar-refractivity contribution in [3.05, 3.63) is 71.7 Å². The topological polar surface area (TPSA) is 71.8 Å². The van der Waals surface area contributed by atoms with Gasteiger partial charge in [-0.2, -0.15) is 0 Å². The van der Waals surface area contributed by atoms with E-state index < -0.39 is 0 Å². The Morgan fingerprint density at radius 3 is 2.64 bits per heavy atom. The first-order chi connectivity index (χ1) is 18.9. The molecule has 7 nitrogen and oxygen atoms in total. The minimum Gasteiger partial charge on any atom is -0.437 e. The van der Waals surface area contributed by atoms with Crippen LogP contribution in [0.3, 0.4) is 0 Å². The summed E-state index contributed by atoms with van der Waals surface area (Å²) in [5.41, 5.74) is 4.94. The molecule has 2 aliphatic rings. The number of benzene rings is 2. The molecule has 1 aliphatic carbocycles. The molecule has 8 heteroatoms. The van der Waals surface area contributed by atoms with Crippen molar-refractivity contribution in [3.63, 3.8) is 0 Å². The van der Waals surface area contributed by atoms with Crippen molar-refractivity contribution < 1.29 is 13.9 Å². The van der Waals surface area contributed by atoms with Crippen LogP contribution in [0.15, 0.2) is 54.7 Å². The Morgan fingerprint density at radius 1 is 1.08 bits per heavy atom. The molecular weight excluding hydrogens is 493 g/mol. The number of hydrogen-bond acceptors (Lipinski definition) is 6. The Labute approximate surface area is 228 Å². The lowest BCUT2D eigenvalue weighted by atomic mass is 9.97. The van der Waals surface area contributed by atoms with Gasteiger partial charge in [-0.05, 0) is 88.3 Å². The minimum atomic E-state index is -0.371. The third kappa shape index (κ3) is 5.81. The van der Waals surface area contributed by atoms with Gasteiger partial charge in [0.05, 0.1) is 17.6 Å². The predicted molar refractivity (Wildman–Crippen MR) is 150 cm³/mol. The quantitative estimate of drug-likeness (QED) is 0.255. The highest BCUT2D eigenvalue weighted by Crippen LogP contribution is 2.35. The Balaban J connectivity index is 1.33. The van der Waals surface area contributed by atoms with Crippen molar-refractivity contribution in [2.24, 2.45) is 11.8 Å². The standard InChI is InChI=1S/C31H34FN5O2/c1-20-14-23(8-9-26(20)29(38)15-21-6-7-21)28-19-34-31-27(33-18-22-10-12-36(2)13-11-22)17-30(35-37(28)31)39-25-5-3-4-24(32)16-25/h3-5,8-9,14,16-17,19,21-22,33H,6-7,10-13,15,18H2,1-2H3. The summed E-state index contributed by atoms with van der Waals surface area (Å²) in [4.78, 5) is 19.8. The van der Waals surface area contributed by atoms with Crippen LogP contribution in [0, 0.1) is 24.6 Å². The fourth-order valence-corrected chi connectivity index (χ4v) is 5.32. The number of ketones is 1. The van der Waals surface area contributed by atoms with Crippen molar-refractivity contribution in [2.75, 3.05) is 32.0 Å². The number of carbonyl (C=O) groups is 1. The van der Waals surface area contributed by atoms with Crippen LogP contribution >= 0.6 is 0 Å². The van der Waals surface area contributed by atoms with Crippen molar-refractivity contribution in [3.8, 4) is 22.9 Å². The van der Waals surface area contributed by atoms with Gasteiger partial charge in [-0.15, -0.1) is 5.10 Å². The fourth-order valence-electron chi connectivity index (χ4n) is 5.32. The number of nitrogens with zero attached hydrogens (tertiary/aromatic N) is 4. The number of Topliss-reactive ketones (excluding diaryl/α,β-unsaturated/α-hetero) is 1. The molecule has 4 aromatic rings. The third-order valence-electron chi connectivity index (χ3n) is 7.88. The maximum atomic E-state index is 13.8. The number of imidazole rings is 1. The van der Waals surface area contributed by atoms with Gasteiger partial charge in [0.25, 0.3) is 0 Å². The van der Waals surface area contributed by atoms with Crippen LogP contribution in [0.4, 0.5) is 10.1 Å². The highest BCUT2D eigenvalue weighted by molar-refractivity contribution is 5.98. The second-order valence-corrected chi connectivity index (χ2v) is 11.1. The van der Waals surface area contributed by atoms with Crippen LogP contribution in [0.5, 0.6) is 11.6 Å². The van der Waals surface area contributed by atoms with Gasteiger partial charge in [-0.3, -0.25) is 4.79 Å². The van der Waals surface area contributed by atoms with E-state index in [4.69, 9.17) is 14.8 Å². The molecule has 39 heavy (non-hydrogen) atoms. The molecule has 2 fully saturated rings. The molecule has 1 aliphatic heterocycles. The van der Waals surface area contributed by atoms with E-state index >= 15 is 0 Å². The number of rotatable bonds is 9. The molecule has 0 spiro atoms. The molecule has 0 atom stereocenters. The predicted octanol–water partition coefficient (Wildman–Crippen LogP) is 6.37. The summed E-state index contributed by atoms with van der Waals surface area (Å²) in [7, 11) is 2.16. The van der Waals surface area contributed by atoms with Gasteiger partial charge in [-0.1, -0.05) is 18.2 Å². The average Bonchev–Trinajstić information content (AvgIpc) is 3.63. The number of halogens is 1. The maximum Gasteiger partial charge on any atom is 0.239 e. The van der Waals surface area contributed by atoms with Gasteiger partial charge in [-0.25, -0.2) is 13.9 Å². The number of hydrogen-bond donors (Lipinski definition) is 1. The van der Waals surface area contributed by atoms with E-state index in [-0.39, 0.29) is 11.6 Å². The van der Waals surface area contributed by atoms with Crippen LogP contribution in [-0.2, 0) is 0 Å². The normalized spacial score (nSPS) is 16.5. The number of aryl methyl sites for hydroxylation is 1. The van der Waals surface area contributed by atoms with Crippen molar-refractivity contribution in [1.29, 1.82) is 0 Å². The van der Waals surface area contributed by atoms with E-state index in [0.29, 0.717) is 35.5 Å². The fraction of sp³-hybridized carbons (Fsp3) is 0.387. The van der Waals surface area contributed by atoms with Crippen molar-refractivity contribution >= 4 is 17.1 Å². The minimum absolute atomic E-state index is 0.212. The molecule has 0 radical (unpaired) electrons. The second-order valence-electron chi connectivity index (χ2n) is 11.1. The third-order valence-corrected chi connectivity index (χ3v) is 7.88. The average molecular weight is 528 g/mol. The summed E-state index contributed by atoms with van der Waals surface area (Å²) < 4.78 is 21.6. The van der Waals surface area contributed by atoms with Gasteiger partial charge in [0, 0.05) is 36.2 Å². The molecule has 2 aromatic heterocycles. The zero-order valence-corrected chi connectivity index (χ0v) is 22.5. The summed E-state index contributed by atoms with van der Waals surface area (Å²) >= 11 is 0. The number of anilines is 1. The summed E-state index contributed by atoms with van der Waals surface area (Å²) in [6, 6.07) is 13.8. The highest BCUT2D eigenvalue weighted by Gasteiger charge is 2.26. The smallest absolute Gasteiger partial charge is 0.239 e. The lowest BCUT2D eigenvalue weighted by Gasteiger charge is -2.29. The summed E-state index contributed by atoms with van der Waals surface area (Å²) in [5.74, 6) is 1.68. The second kappa shape index (κ2) is 10.8. The number of piperidine rings is 1. The molecule has 3 heterocycles. The first-order valence-corrected chi connectivity index (χ1v) is 13.8. The number of carbonyl (C=O) groups excluding carboxylic acids is 1. The Hall–Kier alpha value is -3.78. The van der Waals surface area contributed by atoms with Crippen LogP contribution in [0.1, 0.15) is 48.0 Å². The summed E-state index contributed by atoms with van der Waals surface area (Å²) in [5, 5.41) is 8.33. The molecule has 1 saturated carbocycles. The number of aromatic nitrogens is 3. The summed E-state index contributed by atoms with van der Waals surface area (Å²) in [6.07, 6.45) is 7.03. The largest absolute Gasteiger partial charge is 0.437 e. The van der Waals surface area contributed by atoms with Crippen molar-refractivity contribution in [1.82, 2.24) is 19.5 Å². The molecule has 0 amide bonds. The molecule has 2 aromatic carbocycles. The van der Waals surface area contributed by atoms with Crippen LogP contribution in [-0.4, -0.2) is 52.0 Å². The van der Waals surface area contributed by atoms with Gasteiger partial charge in [0.2, 0.25) is 5.88 Å². The van der Waals surface area contributed by atoms with E-state index in [1.165, 1.54) is 12.1 Å². The summed E-state index contributed by atoms with van der Waals surface area (Å²) in [6.45, 7) is 5.00. The number of ether oxygens (including phenoxy) is 1. The van der Waals surface area contributed by atoms with E-state index in [9.17, 15) is 9.18 Å². The molecule has 1 saturated heterocycles. The molecular formula is C31H34FN5O2. The van der Waals surface area contributed by atoms with Gasteiger partial charge in [0.15, 0.2) is 11.4 Å². The Morgan fingerprint density at radius 2 is 1.90 bits per heavy atom. The number of nitrogens with one attached hydrogen (secondary N) is 1. The maximum absolute atomic E-state index is 13.8. The number of fused-ring (bicyclic) bond motifs is 1. The van der Waals surface area contributed by atoms with Crippen LogP contribution < -0.4 is 10.1 Å². The Kier molecular flexibility index (Phi) is 7.04. The van der Waals surface area contributed by atoms with Crippen molar-refractivity contribution in [2.45, 2.75) is 39.0 Å². The molecule has 202 valence electrons. The zero-order valence-electron chi connectivity index (χ0n) is 22.5. The lowest BCUT2D eigenvalue weighted by molar-refractivity contribution is 0.0975. The van der Waals surface area contributed by atoms with Crippen LogP contribution in [0.25, 0.3) is 16.9 Å². The van der Waals surface area contributed by atoms with Crippen LogP contribution in [0.2, 0.25) is 0 Å². The Bertz CT molecular complexity index is 1500. The molecule has 1 N–H and O–H groups in total. The van der Waals surface area contributed by atoms with E-state index in [1.54, 1.807) is 22.8 Å². The molecule has 0 bridgehead atoms. The van der Waals surface area contributed by atoms with E-state index in [1.807, 2.05) is 31.2 Å². The zero-order chi connectivity index (χ0) is 26.9. The monoisotopic (exact) mass is 527 g/mol. The highest BCUT2D eigenvalue weighted by atomic mass is 19.1. The number of likely N-dealkylation sites (tertiary alicyclic amines) is 1. The van der Waals surface area contributed by atoms with E-state index in [0.717, 1.165) is 73.4 Å². The molecule has 6 rings (SSSR count). The van der Waals surface area contributed by atoms with Gasteiger partial charge >= 0.3 is 0 Å². The van der Waals surface area contributed by atoms with E-state index in [2.05, 4.69) is 17.3 Å². The van der Waals surface area contributed by atoms with Gasteiger partial charge < -0.3 is 15.0 Å². The lowest BCUT2D eigenvalue weighted by Crippen LogP contribution is -2.33. The van der Waals surface area contributed by atoms with Gasteiger partial charge in [0.1, 0.15) is 11.6 Å². The SMILES string of the molecule is Cc1cc(-c2cnc3c(NCC4CCN(C)CC4)cc(Oc4cccc(F)c4)nn23)ccc1C(=O)CC1CC1.